The number of amides is 1. The number of para-hydroxylation sites is 1. The molecule has 4 heteroatoms. The van der Waals surface area contributed by atoms with E-state index in [0.29, 0.717) is 6.42 Å². The van der Waals surface area contributed by atoms with E-state index in [1.807, 2.05) is 6.92 Å². The summed E-state index contributed by atoms with van der Waals surface area (Å²) in [5, 5.41) is 0. The van der Waals surface area contributed by atoms with Crippen molar-refractivity contribution >= 4 is 11.6 Å². The quantitative estimate of drug-likeness (QED) is 0.822. The van der Waals surface area contributed by atoms with Gasteiger partial charge in [0.05, 0.1) is 11.7 Å². The number of carbonyl (C=O) groups excluding carboxylic acids is 1. The standard InChI is InChI=1S/C11H15FN2O/c1-3-9(13)11(15)14(2)10-7-5-4-6-8(10)12/h4-7,9H,3,13H2,1-2H3. The van der Waals surface area contributed by atoms with Crippen LogP contribution < -0.4 is 10.6 Å². The number of halogens is 1. The van der Waals surface area contributed by atoms with Gasteiger partial charge in [-0.3, -0.25) is 4.79 Å². The summed E-state index contributed by atoms with van der Waals surface area (Å²) in [5.41, 5.74) is 5.85. The summed E-state index contributed by atoms with van der Waals surface area (Å²) in [7, 11) is 1.52. The Kier molecular flexibility index (Phi) is 3.80. The van der Waals surface area contributed by atoms with Crippen LogP contribution in [0.25, 0.3) is 0 Å². The Morgan fingerprint density at radius 2 is 2.13 bits per heavy atom. The van der Waals surface area contributed by atoms with Gasteiger partial charge in [0.1, 0.15) is 5.82 Å². The van der Waals surface area contributed by atoms with Crippen molar-refractivity contribution in [2.45, 2.75) is 19.4 Å². The molecule has 15 heavy (non-hydrogen) atoms. The minimum Gasteiger partial charge on any atom is -0.320 e. The summed E-state index contributed by atoms with van der Waals surface area (Å²) in [6.45, 7) is 1.82. The molecule has 0 aliphatic carbocycles. The van der Waals surface area contributed by atoms with Crippen LogP contribution in [0, 0.1) is 5.82 Å². The molecule has 1 unspecified atom stereocenters. The Hall–Kier alpha value is -1.42. The molecule has 0 aliphatic rings. The molecule has 3 nitrogen and oxygen atoms in total. The largest absolute Gasteiger partial charge is 0.320 e. The Balaban J connectivity index is 2.90. The fourth-order valence-electron chi connectivity index (χ4n) is 1.27. The molecule has 82 valence electrons. The number of nitrogens with two attached hydrogens (primary N) is 1. The second kappa shape index (κ2) is 4.89. The average Bonchev–Trinajstić information content (AvgIpc) is 2.26. The highest BCUT2D eigenvalue weighted by atomic mass is 19.1. The molecule has 0 heterocycles. The predicted octanol–water partition coefficient (Wildman–Crippen LogP) is 1.53. The van der Waals surface area contributed by atoms with E-state index in [-0.39, 0.29) is 11.6 Å². The number of nitrogens with zero attached hydrogens (tertiary/aromatic N) is 1. The monoisotopic (exact) mass is 210 g/mol. The van der Waals surface area contributed by atoms with E-state index >= 15 is 0 Å². The maximum atomic E-state index is 13.3. The number of rotatable bonds is 3. The van der Waals surface area contributed by atoms with Crippen LogP contribution in [0.2, 0.25) is 0 Å². The van der Waals surface area contributed by atoms with Crippen LogP contribution in [0.4, 0.5) is 10.1 Å². The lowest BCUT2D eigenvalue weighted by Gasteiger charge is -2.20. The number of hydrogen-bond acceptors (Lipinski definition) is 2. The average molecular weight is 210 g/mol. The molecule has 0 aliphatic heterocycles. The zero-order valence-electron chi connectivity index (χ0n) is 8.90. The van der Waals surface area contributed by atoms with E-state index in [1.165, 1.54) is 18.0 Å². The van der Waals surface area contributed by atoms with Gasteiger partial charge >= 0.3 is 0 Å². The Morgan fingerprint density at radius 1 is 1.53 bits per heavy atom. The summed E-state index contributed by atoms with van der Waals surface area (Å²) >= 11 is 0. The van der Waals surface area contributed by atoms with Gasteiger partial charge in [-0.25, -0.2) is 4.39 Å². The summed E-state index contributed by atoms with van der Waals surface area (Å²) in [4.78, 5) is 12.9. The lowest BCUT2D eigenvalue weighted by Crippen LogP contribution is -2.41. The third kappa shape index (κ3) is 2.53. The van der Waals surface area contributed by atoms with Gasteiger partial charge in [0.2, 0.25) is 5.91 Å². The maximum absolute atomic E-state index is 13.3. The smallest absolute Gasteiger partial charge is 0.243 e. The fourth-order valence-corrected chi connectivity index (χ4v) is 1.27. The molecule has 0 saturated carbocycles. The molecule has 0 bridgehead atoms. The second-order valence-electron chi connectivity index (χ2n) is 3.36. The first kappa shape index (κ1) is 11.7. The van der Waals surface area contributed by atoms with Gasteiger partial charge in [-0.1, -0.05) is 19.1 Å². The number of carbonyl (C=O) groups is 1. The van der Waals surface area contributed by atoms with Gasteiger partial charge in [0, 0.05) is 7.05 Å². The normalized spacial score (nSPS) is 12.3. The Bertz CT molecular complexity index is 354. The van der Waals surface area contributed by atoms with Crippen molar-refractivity contribution in [3.05, 3.63) is 30.1 Å². The van der Waals surface area contributed by atoms with Gasteiger partial charge < -0.3 is 10.6 Å². The van der Waals surface area contributed by atoms with Crippen molar-refractivity contribution < 1.29 is 9.18 Å². The van der Waals surface area contributed by atoms with Gasteiger partial charge in [-0.2, -0.15) is 0 Å². The molecule has 1 amide bonds. The predicted molar refractivity (Wildman–Crippen MR) is 58.1 cm³/mol. The first-order valence-electron chi connectivity index (χ1n) is 4.85. The SMILES string of the molecule is CCC(N)C(=O)N(C)c1ccccc1F. The van der Waals surface area contributed by atoms with E-state index in [1.54, 1.807) is 18.2 Å². The molecule has 0 spiro atoms. The number of benzene rings is 1. The van der Waals surface area contributed by atoms with Gasteiger partial charge in [-0.15, -0.1) is 0 Å². The third-order valence-electron chi connectivity index (χ3n) is 2.30. The molecule has 0 aromatic heterocycles. The van der Waals surface area contributed by atoms with Crippen molar-refractivity contribution in [1.29, 1.82) is 0 Å². The number of anilines is 1. The zero-order valence-corrected chi connectivity index (χ0v) is 8.90. The highest BCUT2D eigenvalue weighted by Gasteiger charge is 2.19. The number of hydrogen-bond donors (Lipinski definition) is 1. The second-order valence-corrected chi connectivity index (χ2v) is 3.36. The van der Waals surface area contributed by atoms with Gasteiger partial charge in [0.25, 0.3) is 0 Å². The Labute approximate surface area is 88.7 Å². The van der Waals surface area contributed by atoms with E-state index in [0.717, 1.165) is 0 Å². The number of likely N-dealkylation sites (N-methyl/N-ethyl adjacent to an activating group) is 1. The van der Waals surface area contributed by atoms with Crippen molar-refractivity contribution in [1.82, 2.24) is 0 Å². The van der Waals surface area contributed by atoms with Crippen molar-refractivity contribution in [2.24, 2.45) is 5.73 Å². The highest BCUT2D eigenvalue weighted by molar-refractivity contribution is 5.96. The molecule has 1 rings (SSSR count). The lowest BCUT2D eigenvalue weighted by atomic mass is 10.2. The molecule has 0 fully saturated rings. The van der Waals surface area contributed by atoms with Crippen LogP contribution in [0.15, 0.2) is 24.3 Å². The Morgan fingerprint density at radius 3 is 2.67 bits per heavy atom. The van der Waals surface area contributed by atoms with Crippen molar-refractivity contribution in [3.8, 4) is 0 Å². The molecule has 1 aromatic carbocycles. The molecule has 1 atom stereocenters. The fraction of sp³-hybridized carbons (Fsp3) is 0.364. The van der Waals surface area contributed by atoms with E-state index < -0.39 is 11.9 Å². The van der Waals surface area contributed by atoms with Crippen LogP contribution in [0.5, 0.6) is 0 Å². The molecular weight excluding hydrogens is 195 g/mol. The third-order valence-corrected chi connectivity index (χ3v) is 2.30. The summed E-state index contributed by atoms with van der Waals surface area (Å²) < 4.78 is 13.3. The van der Waals surface area contributed by atoms with Crippen LogP contribution in [0.1, 0.15) is 13.3 Å². The molecular formula is C11H15FN2O. The summed E-state index contributed by atoms with van der Waals surface area (Å²) in [6.07, 6.45) is 0.539. The van der Waals surface area contributed by atoms with E-state index in [2.05, 4.69) is 0 Å². The topological polar surface area (TPSA) is 46.3 Å². The van der Waals surface area contributed by atoms with Gasteiger partial charge in [-0.05, 0) is 18.6 Å². The van der Waals surface area contributed by atoms with Crippen molar-refractivity contribution in [2.75, 3.05) is 11.9 Å². The minimum absolute atomic E-state index is 0.256. The first-order chi connectivity index (χ1) is 7.07. The van der Waals surface area contributed by atoms with Crippen LogP contribution in [-0.2, 0) is 4.79 Å². The highest BCUT2D eigenvalue weighted by Crippen LogP contribution is 2.17. The summed E-state index contributed by atoms with van der Waals surface area (Å²) in [6, 6.07) is 5.55. The van der Waals surface area contributed by atoms with Crippen molar-refractivity contribution in [3.63, 3.8) is 0 Å². The zero-order chi connectivity index (χ0) is 11.4. The van der Waals surface area contributed by atoms with Gasteiger partial charge in [0.15, 0.2) is 0 Å². The van der Waals surface area contributed by atoms with E-state index in [4.69, 9.17) is 5.73 Å². The minimum atomic E-state index is -0.574. The van der Waals surface area contributed by atoms with Crippen LogP contribution in [-0.4, -0.2) is 19.0 Å². The van der Waals surface area contributed by atoms with Crippen LogP contribution in [0.3, 0.4) is 0 Å². The molecule has 0 saturated heterocycles. The van der Waals surface area contributed by atoms with E-state index in [9.17, 15) is 9.18 Å². The maximum Gasteiger partial charge on any atom is 0.243 e. The molecule has 0 radical (unpaired) electrons. The first-order valence-corrected chi connectivity index (χ1v) is 4.85. The molecule has 2 N–H and O–H groups in total. The lowest BCUT2D eigenvalue weighted by molar-refractivity contribution is -0.119. The molecule has 1 aromatic rings. The summed E-state index contributed by atoms with van der Waals surface area (Å²) in [5.74, 6) is -0.695. The van der Waals surface area contributed by atoms with Crippen LogP contribution >= 0.6 is 0 Å².